The zero-order chi connectivity index (χ0) is 17.7. The number of aromatic nitrogens is 2. The third-order valence-corrected chi connectivity index (χ3v) is 3.95. The second kappa shape index (κ2) is 7.62. The number of benzene rings is 1. The zero-order valence-electron chi connectivity index (χ0n) is 14.9. The molecule has 0 aliphatic heterocycles. The summed E-state index contributed by atoms with van der Waals surface area (Å²) in [6.45, 7) is 8.12. The second-order valence-electron chi connectivity index (χ2n) is 7.07. The molecule has 1 amide bonds. The zero-order valence-corrected chi connectivity index (χ0v) is 14.9. The Morgan fingerprint density at radius 1 is 1.42 bits per heavy atom. The van der Waals surface area contributed by atoms with Crippen LogP contribution in [0.1, 0.15) is 54.7 Å². The molecule has 0 fully saturated rings. The van der Waals surface area contributed by atoms with Gasteiger partial charge in [0.15, 0.2) is 0 Å². The van der Waals surface area contributed by atoms with Gasteiger partial charge in [-0.2, -0.15) is 5.10 Å². The molecule has 24 heavy (non-hydrogen) atoms. The number of hydrogen-bond acceptors (Lipinski definition) is 3. The molecule has 130 valence electrons. The molecule has 0 spiro atoms. The number of carbonyl (C=O) groups is 1. The predicted molar refractivity (Wildman–Crippen MR) is 95.1 cm³/mol. The van der Waals surface area contributed by atoms with Gasteiger partial charge in [-0.05, 0) is 63.8 Å². The van der Waals surface area contributed by atoms with Crippen LogP contribution in [0.5, 0.6) is 0 Å². The molecule has 0 bridgehead atoms. The number of aryl methyl sites for hydroxylation is 2. The second-order valence-corrected chi connectivity index (χ2v) is 7.07. The fourth-order valence-electron chi connectivity index (χ4n) is 2.43. The van der Waals surface area contributed by atoms with Crippen LogP contribution in [-0.4, -0.2) is 32.9 Å². The predicted octanol–water partition coefficient (Wildman–Crippen LogP) is 2.89. The Hall–Kier alpha value is -2.14. The lowest BCUT2D eigenvalue weighted by Crippen LogP contribution is -2.29. The van der Waals surface area contributed by atoms with E-state index in [0.717, 1.165) is 17.5 Å². The first-order chi connectivity index (χ1) is 11.2. The maximum Gasteiger partial charge on any atom is 0.251 e. The Labute approximate surface area is 143 Å². The first kappa shape index (κ1) is 18.2. The van der Waals surface area contributed by atoms with Crippen LogP contribution in [0.3, 0.4) is 0 Å². The molecule has 0 aliphatic carbocycles. The van der Waals surface area contributed by atoms with Crippen LogP contribution in [-0.2, 0) is 6.42 Å². The van der Waals surface area contributed by atoms with Crippen molar-refractivity contribution in [2.45, 2.75) is 52.2 Å². The number of aliphatic hydroxyl groups is 1. The molecule has 1 aromatic heterocycles. The third kappa shape index (κ3) is 5.49. The number of amides is 1. The maximum atomic E-state index is 12.3. The topological polar surface area (TPSA) is 67.2 Å². The van der Waals surface area contributed by atoms with Crippen molar-refractivity contribution in [1.29, 1.82) is 0 Å². The van der Waals surface area contributed by atoms with E-state index in [-0.39, 0.29) is 11.9 Å². The summed E-state index contributed by atoms with van der Waals surface area (Å²) in [5.74, 6) is -0.0872. The minimum atomic E-state index is -0.699. The minimum Gasteiger partial charge on any atom is -0.390 e. The van der Waals surface area contributed by atoms with Crippen LogP contribution >= 0.6 is 0 Å². The number of carbonyl (C=O) groups excluding carboxylic acids is 1. The highest BCUT2D eigenvalue weighted by Crippen LogP contribution is 2.14. The molecule has 1 heterocycles. The van der Waals surface area contributed by atoms with Crippen LogP contribution in [0.15, 0.2) is 36.7 Å². The van der Waals surface area contributed by atoms with Crippen LogP contribution in [0.25, 0.3) is 0 Å². The highest BCUT2D eigenvalue weighted by Gasteiger charge is 2.14. The Kier molecular flexibility index (Phi) is 5.78. The van der Waals surface area contributed by atoms with E-state index in [1.54, 1.807) is 13.8 Å². The normalized spacial score (nSPS) is 12.9. The molecule has 0 aliphatic rings. The van der Waals surface area contributed by atoms with Crippen LogP contribution in [0, 0.1) is 6.92 Å². The Bertz CT molecular complexity index is 686. The van der Waals surface area contributed by atoms with E-state index in [2.05, 4.69) is 10.4 Å². The molecule has 5 heteroatoms. The molecule has 5 nitrogen and oxygen atoms in total. The molecule has 0 radical (unpaired) electrons. The van der Waals surface area contributed by atoms with E-state index in [9.17, 15) is 9.90 Å². The van der Waals surface area contributed by atoms with Gasteiger partial charge in [-0.25, -0.2) is 0 Å². The van der Waals surface area contributed by atoms with Crippen molar-refractivity contribution in [2.75, 3.05) is 6.54 Å². The van der Waals surface area contributed by atoms with Crippen LogP contribution < -0.4 is 5.32 Å². The summed E-state index contributed by atoms with van der Waals surface area (Å²) < 4.78 is 1.86. The standard InChI is InChI=1S/C19H27N3O2/c1-14-11-21-22(13-14)15(2)12-20-18(23)17-7-5-6-16(10-17)8-9-19(3,4)24/h5-7,10-11,13,15,24H,8-9,12H2,1-4H3,(H,20,23). The molecule has 2 aromatic rings. The van der Waals surface area contributed by atoms with Crippen molar-refractivity contribution in [1.82, 2.24) is 15.1 Å². The van der Waals surface area contributed by atoms with Gasteiger partial charge < -0.3 is 10.4 Å². The van der Waals surface area contributed by atoms with Gasteiger partial charge in [-0.3, -0.25) is 9.48 Å². The number of nitrogens with zero attached hydrogens (tertiary/aromatic N) is 2. The first-order valence-corrected chi connectivity index (χ1v) is 8.35. The third-order valence-electron chi connectivity index (χ3n) is 3.95. The van der Waals surface area contributed by atoms with Crippen LogP contribution in [0.2, 0.25) is 0 Å². The Balaban J connectivity index is 1.92. The monoisotopic (exact) mass is 329 g/mol. The van der Waals surface area contributed by atoms with Crippen molar-refractivity contribution in [3.05, 3.63) is 53.3 Å². The summed E-state index contributed by atoms with van der Waals surface area (Å²) >= 11 is 0. The molecular weight excluding hydrogens is 302 g/mol. The van der Waals surface area contributed by atoms with Gasteiger partial charge in [0.05, 0.1) is 17.8 Å². The molecule has 0 saturated heterocycles. The fraction of sp³-hybridized carbons (Fsp3) is 0.474. The van der Waals surface area contributed by atoms with Gasteiger partial charge in [-0.1, -0.05) is 12.1 Å². The van der Waals surface area contributed by atoms with Crippen molar-refractivity contribution in [2.24, 2.45) is 0 Å². The van der Waals surface area contributed by atoms with Crippen molar-refractivity contribution in [3.63, 3.8) is 0 Å². The molecule has 2 N–H and O–H groups in total. The molecule has 1 unspecified atom stereocenters. The number of nitrogens with one attached hydrogen (secondary N) is 1. The summed E-state index contributed by atoms with van der Waals surface area (Å²) in [4.78, 5) is 12.3. The molecular formula is C19H27N3O2. The van der Waals surface area contributed by atoms with Gasteiger partial charge in [0.2, 0.25) is 0 Å². The van der Waals surface area contributed by atoms with Gasteiger partial charge in [0.25, 0.3) is 5.91 Å². The SMILES string of the molecule is Cc1cnn(C(C)CNC(=O)c2cccc(CCC(C)(C)O)c2)c1. The minimum absolute atomic E-state index is 0.0872. The Morgan fingerprint density at radius 2 is 2.17 bits per heavy atom. The van der Waals surface area contributed by atoms with E-state index >= 15 is 0 Å². The number of rotatable bonds is 7. The summed E-state index contributed by atoms with van der Waals surface area (Å²) in [5.41, 5.74) is 2.11. The van der Waals surface area contributed by atoms with E-state index < -0.39 is 5.60 Å². The smallest absolute Gasteiger partial charge is 0.251 e. The van der Waals surface area contributed by atoms with Crippen molar-refractivity contribution in [3.8, 4) is 0 Å². The summed E-state index contributed by atoms with van der Waals surface area (Å²) in [7, 11) is 0. The van der Waals surface area contributed by atoms with E-state index in [4.69, 9.17) is 0 Å². The average molecular weight is 329 g/mol. The summed E-state index contributed by atoms with van der Waals surface area (Å²) in [5, 5.41) is 17.1. The van der Waals surface area contributed by atoms with Gasteiger partial charge >= 0.3 is 0 Å². The van der Waals surface area contributed by atoms with E-state index in [1.807, 2.05) is 55.2 Å². The van der Waals surface area contributed by atoms with E-state index in [0.29, 0.717) is 18.5 Å². The van der Waals surface area contributed by atoms with Gasteiger partial charge in [-0.15, -0.1) is 0 Å². The quantitative estimate of drug-likeness (QED) is 0.821. The highest BCUT2D eigenvalue weighted by molar-refractivity contribution is 5.94. The van der Waals surface area contributed by atoms with E-state index in [1.165, 1.54) is 0 Å². The van der Waals surface area contributed by atoms with Gasteiger partial charge in [0.1, 0.15) is 0 Å². The lowest BCUT2D eigenvalue weighted by molar-refractivity contribution is 0.0714. The summed E-state index contributed by atoms with van der Waals surface area (Å²) in [6.07, 6.45) is 5.18. The molecule has 1 atom stereocenters. The molecule has 0 saturated carbocycles. The fourth-order valence-corrected chi connectivity index (χ4v) is 2.43. The lowest BCUT2D eigenvalue weighted by atomic mass is 9.98. The van der Waals surface area contributed by atoms with Crippen molar-refractivity contribution >= 4 is 5.91 Å². The van der Waals surface area contributed by atoms with Gasteiger partial charge in [0, 0.05) is 18.3 Å². The maximum absolute atomic E-state index is 12.3. The number of hydrogen-bond donors (Lipinski definition) is 2. The highest BCUT2D eigenvalue weighted by atomic mass is 16.3. The Morgan fingerprint density at radius 3 is 2.79 bits per heavy atom. The molecule has 2 rings (SSSR count). The first-order valence-electron chi connectivity index (χ1n) is 8.35. The lowest BCUT2D eigenvalue weighted by Gasteiger charge is -2.17. The van der Waals surface area contributed by atoms with Crippen molar-refractivity contribution < 1.29 is 9.90 Å². The molecule has 1 aromatic carbocycles. The average Bonchev–Trinajstić information content (AvgIpc) is 2.96. The van der Waals surface area contributed by atoms with Crippen LogP contribution in [0.4, 0.5) is 0 Å². The summed E-state index contributed by atoms with van der Waals surface area (Å²) in [6, 6.07) is 7.67. The largest absolute Gasteiger partial charge is 0.390 e.